The Morgan fingerprint density at radius 2 is 0.987 bits per heavy atom. The first-order valence-corrected chi connectivity index (χ1v) is 28.5. The summed E-state index contributed by atoms with van der Waals surface area (Å²) in [5, 5.41) is 3.91. The minimum absolute atomic E-state index is 0.155. The molecular formula is C64H55ClN6O4S2. The van der Waals surface area contributed by atoms with Gasteiger partial charge in [0, 0.05) is 80.3 Å². The van der Waals surface area contributed by atoms with Crippen LogP contribution in [0.3, 0.4) is 0 Å². The number of hydrogen-bond acceptors (Lipinski definition) is 12. The number of fused-ring (bicyclic) bond motifs is 7. The lowest BCUT2D eigenvalue weighted by Gasteiger charge is -2.37. The van der Waals surface area contributed by atoms with Gasteiger partial charge < -0.3 is 28.7 Å². The summed E-state index contributed by atoms with van der Waals surface area (Å²) in [5.74, 6) is 3.19. The van der Waals surface area contributed by atoms with E-state index in [0.717, 1.165) is 92.2 Å². The molecule has 6 aromatic carbocycles. The van der Waals surface area contributed by atoms with Crippen molar-refractivity contribution < 1.29 is 18.9 Å². The largest absolute Gasteiger partial charge is 0.480 e. The topological polar surface area (TPSA) is 95.0 Å². The minimum Gasteiger partial charge on any atom is -0.480 e. The van der Waals surface area contributed by atoms with Crippen molar-refractivity contribution in [3.8, 4) is 34.0 Å². The van der Waals surface area contributed by atoms with Crippen LogP contribution in [0.25, 0.3) is 54.1 Å². The van der Waals surface area contributed by atoms with Crippen LogP contribution >= 0.6 is 34.3 Å². The predicted molar refractivity (Wildman–Crippen MR) is 315 cm³/mol. The number of aromatic nitrogens is 4. The summed E-state index contributed by atoms with van der Waals surface area (Å²) in [6.45, 7) is 4.48. The average Bonchev–Trinajstić information content (AvgIpc) is 4.23. The molecule has 4 aliphatic rings. The maximum atomic E-state index is 7.02. The van der Waals surface area contributed by atoms with Crippen molar-refractivity contribution in [3.05, 3.63) is 202 Å². The second-order valence-corrected chi connectivity index (χ2v) is 22.2. The van der Waals surface area contributed by atoms with Crippen LogP contribution in [0, 0.1) is 0 Å². The lowest BCUT2D eigenvalue weighted by molar-refractivity contribution is 0.161. The van der Waals surface area contributed by atoms with Gasteiger partial charge in [0.2, 0.25) is 17.0 Å². The third-order valence-electron chi connectivity index (χ3n) is 15.3. The number of benzene rings is 6. The molecule has 4 aliphatic heterocycles. The highest BCUT2D eigenvalue weighted by Crippen LogP contribution is 2.48. The van der Waals surface area contributed by atoms with E-state index >= 15 is 0 Å². The lowest BCUT2D eigenvalue weighted by atomic mass is 9.83. The summed E-state index contributed by atoms with van der Waals surface area (Å²) in [6, 6.07) is 50.7. The zero-order valence-corrected chi connectivity index (χ0v) is 45.2. The van der Waals surface area contributed by atoms with Crippen LogP contribution in [-0.2, 0) is 11.2 Å². The lowest BCUT2D eigenvalue weighted by Crippen LogP contribution is -2.34. The number of halogens is 1. The third-order valence-corrected chi connectivity index (χ3v) is 17.6. The molecule has 8 heterocycles. The molecule has 0 amide bonds. The fourth-order valence-electron chi connectivity index (χ4n) is 11.4. The maximum Gasteiger partial charge on any atom is 0.226 e. The average molecular weight is 1070 g/mol. The number of methoxy groups -OCH3 is 2. The van der Waals surface area contributed by atoms with Crippen molar-refractivity contribution in [2.45, 2.75) is 49.7 Å². The Bertz CT molecular complexity index is 3810. The quantitative estimate of drug-likeness (QED) is 0.130. The molecule has 4 aromatic heterocycles. The van der Waals surface area contributed by atoms with Crippen LogP contribution in [0.1, 0.15) is 71.9 Å². The highest BCUT2D eigenvalue weighted by atomic mass is 35.5. The van der Waals surface area contributed by atoms with Crippen LogP contribution in [-0.4, -0.2) is 60.3 Å². The molecule has 0 N–H and O–H groups in total. The molecule has 13 heteroatoms. The van der Waals surface area contributed by atoms with Crippen molar-refractivity contribution in [2.75, 3.05) is 50.2 Å². The molecule has 0 aliphatic carbocycles. The molecule has 10 aromatic rings. The molecule has 2 unspecified atom stereocenters. The molecule has 10 nitrogen and oxygen atoms in total. The number of hydrogen-bond donors (Lipinski definition) is 0. The molecule has 0 spiro atoms. The van der Waals surface area contributed by atoms with Crippen LogP contribution < -0.4 is 28.7 Å². The van der Waals surface area contributed by atoms with Crippen molar-refractivity contribution in [3.63, 3.8) is 0 Å². The standard InChI is InChI=1S/C35H29N3O2S2.C29H26ClN3O2/c1-39-34-32-26-16-18-35(23-8-4-2-5-9-23,24-10-12-25(13-11-24)38-19-6-3-7-20-38)40-28(26)15-14-27(32)36-33(37-34)31-22-30-29(42-31)17-21-41-30;1-34-27-26-23-16-17-29(20-8-4-2-5-9-20,35-25(23)15-14-24(26)31-28(30)32-27)21-10-12-22(13-11-21)33-18-6-3-7-19-33/h2,4-5,8-18,21-22H,3,6-7,19-20H2,1H3;2,4-5,8-17H,3,6-7,18-19H2,1H3. The predicted octanol–water partition coefficient (Wildman–Crippen LogP) is 15.6. The third kappa shape index (κ3) is 9.01. The summed E-state index contributed by atoms with van der Waals surface area (Å²) in [4.78, 5) is 24.5. The number of ether oxygens (including phenoxy) is 4. The Morgan fingerprint density at radius 3 is 1.48 bits per heavy atom. The van der Waals surface area contributed by atoms with Gasteiger partial charge in [-0.25, -0.2) is 9.97 Å². The Labute approximate surface area is 460 Å². The van der Waals surface area contributed by atoms with Crippen LogP contribution in [0.2, 0.25) is 5.28 Å². The first-order chi connectivity index (χ1) is 37.9. The zero-order valence-electron chi connectivity index (χ0n) is 42.8. The SMILES string of the molecule is COc1nc(-c2cc3sccc3s2)nc2ccc3c(c12)C=CC(c1ccccc1)(c1ccc(N2CCCCC2)cc1)O3.COc1nc(Cl)nc2ccc3c(c12)C=CC(c1ccccc1)(c1ccc(N2CCCCC2)cc1)O3. The molecular weight excluding hydrogens is 1020 g/mol. The van der Waals surface area contributed by atoms with E-state index in [4.69, 9.17) is 40.5 Å². The van der Waals surface area contributed by atoms with Gasteiger partial charge in [0.25, 0.3) is 0 Å². The van der Waals surface area contributed by atoms with Gasteiger partial charge in [-0.05, 0) is 140 Å². The first kappa shape index (κ1) is 48.8. The van der Waals surface area contributed by atoms with E-state index < -0.39 is 11.2 Å². The van der Waals surface area contributed by atoms with Gasteiger partial charge in [-0.15, -0.1) is 22.7 Å². The highest BCUT2D eigenvalue weighted by Gasteiger charge is 2.40. The van der Waals surface area contributed by atoms with Crippen molar-refractivity contribution in [1.29, 1.82) is 0 Å². The van der Waals surface area contributed by atoms with Gasteiger partial charge in [-0.2, -0.15) is 9.97 Å². The maximum absolute atomic E-state index is 7.02. The molecule has 14 rings (SSSR count). The first-order valence-electron chi connectivity index (χ1n) is 26.4. The molecule has 2 saturated heterocycles. The Morgan fingerprint density at radius 1 is 0.506 bits per heavy atom. The highest BCUT2D eigenvalue weighted by molar-refractivity contribution is 7.28. The second kappa shape index (κ2) is 20.6. The van der Waals surface area contributed by atoms with Gasteiger partial charge in [0.1, 0.15) is 11.5 Å². The summed E-state index contributed by atoms with van der Waals surface area (Å²) in [6.07, 6.45) is 16.2. The molecule has 0 saturated carbocycles. The number of piperidine rings is 2. The Balaban J connectivity index is 0.000000150. The summed E-state index contributed by atoms with van der Waals surface area (Å²) in [5.41, 5.74) is 8.68. The Hall–Kier alpha value is -7.77. The smallest absolute Gasteiger partial charge is 0.226 e. The normalized spacial score (nSPS) is 18.7. The number of anilines is 2. The van der Waals surface area contributed by atoms with Gasteiger partial charge >= 0.3 is 0 Å². The van der Waals surface area contributed by atoms with Crippen LogP contribution in [0.5, 0.6) is 23.3 Å². The van der Waals surface area contributed by atoms with Crippen molar-refractivity contribution in [1.82, 2.24) is 19.9 Å². The second-order valence-electron chi connectivity index (χ2n) is 19.8. The Kier molecular flexibility index (Phi) is 13.1. The summed E-state index contributed by atoms with van der Waals surface area (Å²) in [7, 11) is 3.26. The van der Waals surface area contributed by atoms with Gasteiger partial charge in [-0.1, -0.05) is 84.9 Å². The molecule has 2 atom stereocenters. The van der Waals surface area contributed by atoms with Gasteiger partial charge in [0.05, 0.1) is 40.9 Å². The van der Waals surface area contributed by atoms with Gasteiger partial charge in [-0.3, -0.25) is 0 Å². The van der Waals surface area contributed by atoms with E-state index in [9.17, 15) is 0 Å². The molecule has 0 radical (unpaired) electrons. The van der Waals surface area contributed by atoms with Crippen LogP contribution in [0.4, 0.5) is 11.4 Å². The van der Waals surface area contributed by atoms with E-state index in [-0.39, 0.29) is 5.28 Å². The van der Waals surface area contributed by atoms with E-state index in [0.29, 0.717) is 23.1 Å². The molecule has 0 bridgehead atoms. The van der Waals surface area contributed by atoms with E-state index in [1.165, 1.54) is 59.3 Å². The monoisotopic (exact) mass is 1070 g/mol. The van der Waals surface area contributed by atoms with Gasteiger partial charge in [0.15, 0.2) is 17.0 Å². The van der Waals surface area contributed by atoms with E-state index in [1.807, 2.05) is 48.5 Å². The number of rotatable bonds is 9. The minimum atomic E-state index is -0.765. The fourth-order valence-corrected chi connectivity index (χ4v) is 13.7. The summed E-state index contributed by atoms with van der Waals surface area (Å²) >= 11 is 9.55. The molecule has 384 valence electrons. The van der Waals surface area contributed by atoms with Crippen molar-refractivity contribution >= 4 is 89.0 Å². The molecule has 2 fully saturated rings. The zero-order chi connectivity index (χ0) is 51.9. The van der Waals surface area contributed by atoms with Crippen molar-refractivity contribution in [2.24, 2.45) is 0 Å². The van der Waals surface area contributed by atoms with E-state index in [1.54, 1.807) is 36.9 Å². The summed E-state index contributed by atoms with van der Waals surface area (Å²) < 4.78 is 27.8. The molecule has 77 heavy (non-hydrogen) atoms. The fraction of sp³-hybridized carbons (Fsp3) is 0.219. The number of nitrogens with zero attached hydrogens (tertiary/aromatic N) is 6. The number of thiophene rings is 2. The van der Waals surface area contributed by atoms with E-state index in [2.05, 4.69) is 147 Å². The van der Waals surface area contributed by atoms with Crippen LogP contribution in [0.15, 0.2) is 163 Å².